The van der Waals surface area contributed by atoms with E-state index < -0.39 is 10.0 Å². The van der Waals surface area contributed by atoms with Gasteiger partial charge in [0.1, 0.15) is 0 Å². The largest absolute Gasteiger partial charge is 0.355 e. The van der Waals surface area contributed by atoms with E-state index in [0.717, 1.165) is 28.8 Å². The molecule has 0 saturated carbocycles. The standard InChI is InChI=1S/C21H23N3O3S.ClH/c1-13-5-7-17(14(2)11-13)21(25)20-10-9-19(23-20)15(3)18-8-6-16(12-22-18)24-28(4,26)27;/h5-12,15,23-24H,1-4H3;1H. The molecule has 3 aromatic rings. The maximum Gasteiger partial charge on any atom is 0.229 e. The van der Waals surface area contributed by atoms with Crippen LogP contribution in [0.4, 0.5) is 5.69 Å². The first-order chi connectivity index (χ1) is 13.1. The van der Waals surface area contributed by atoms with E-state index in [2.05, 4.69) is 14.7 Å². The van der Waals surface area contributed by atoms with Crippen molar-refractivity contribution in [1.29, 1.82) is 0 Å². The van der Waals surface area contributed by atoms with Crippen molar-refractivity contribution in [2.24, 2.45) is 0 Å². The first kappa shape index (κ1) is 22.6. The van der Waals surface area contributed by atoms with Gasteiger partial charge in [-0.15, -0.1) is 12.4 Å². The number of hydrogen-bond donors (Lipinski definition) is 2. The van der Waals surface area contributed by atoms with Gasteiger partial charge in [-0.1, -0.05) is 30.7 Å². The number of ketones is 1. The van der Waals surface area contributed by atoms with E-state index in [9.17, 15) is 13.2 Å². The van der Waals surface area contributed by atoms with E-state index in [1.807, 2.05) is 45.0 Å². The molecule has 0 amide bonds. The number of halogens is 1. The molecule has 0 fully saturated rings. The quantitative estimate of drug-likeness (QED) is 0.570. The first-order valence-corrected chi connectivity index (χ1v) is 10.8. The number of H-pyrrole nitrogens is 1. The highest BCUT2D eigenvalue weighted by molar-refractivity contribution is 7.92. The zero-order valence-electron chi connectivity index (χ0n) is 16.7. The van der Waals surface area contributed by atoms with Crippen molar-refractivity contribution in [1.82, 2.24) is 9.97 Å². The molecule has 8 heteroatoms. The van der Waals surface area contributed by atoms with Crippen molar-refractivity contribution < 1.29 is 13.2 Å². The molecular formula is C21H24ClN3O3S. The lowest BCUT2D eigenvalue weighted by molar-refractivity contribution is 0.103. The summed E-state index contributed by atoms with van der Waals surface area (Å²) in [6, 6.07) is 12.9. The zero-order valence-corrected chi connectivity index (χ0v) is 18.3. The number of aromatic nitrogens is 2. The summed E-state index contributed by atoms with van der Waals surface area (Å²) in [6.07, 6.45) is 2.58. The molecule has 154 valence electrons. The van der Waals surface area contributed by atoms with Crippen LogP contribution in [0.15, 0.2) is 48.7 Å². The van der Waals surface area contributed by atoms with Crippen LogP contribution in [0, 0.1) is 13.8 Å². The highest BCUT2D eigenvalue weighted by Crippen LogP contribution is 2.24. The third kappa shape index (κ3) is 5.46. The summed E-state index contributed by atoms with van der Waals surface area (Å²) in [5.41, 5.74) is 5.33. The fourth-order valence-electron chi connectivity index (χ4n) is 3.11. The van der Waals surface area contributed by atoms with Gasteiger partial charge in [-0.2, -0.15) is 0 Å². The van der Waals surface area contributed by atoms with Gasteiger partial charge >= 0.3 is 0 Å². The molecule has 6 nitrogen and oxygen atoms in total. The van der Waals surface area contributed by atoms with Gasteiger partial charge in [0.15, 0.2) is 0 Å². The van der Waals surface area contributed by atoms with Gasteiger partial charge in [0.25, 0.3) is 0 Å². The van der Waals surface area contributed by atoms with E-state index in [0.29, 0.717) is 16.9 Å². The van der Waals surface area contributed by atoms with Crippen molar-refractivity contribution in [2.45, 2.75) is 26.7 Å². The molecule has 2 N–H and O–H groups in total. The number of carbonyl (C=O) groups is 1. The van der Waals surface area contributed by atoms with Gasteiger partial charge in [-0.25, -0.2) is 8.42 Å². The molecule has 0 aliphatic carbocycles. The topological polar surface area (TPSA) is 91.9 Å². The predicted octanol–water partition coefficient (Wildman–Crippen LogP) is 4.20. The summed E-state index contributed by atoms with van der Waals surface area (Å²) in [5, 5.41) is 0. The Kier molecular flexibility index (Phi) is 6.87. The summed E-state index contributed by atoms with van der Waals surface area (Å²) >= 11 is 0. The van der Waals surface area contributed by atoms with E-state index in [4.69, 9.17) is 0 Å². The van der Waals surface area contributed by atoms with Crippen molar-refractivity contribution in [3.8, 4) is 0 Å². The molecule has 2 heterocycles. The highest BCUT2D eigenvalue weighted by atomic mass is 35.5. The van der Waals surface area contributed by atoms with Crippen molar-refractivity contribution in [3.63, 3.8) is 0 Å². The fourth-order valence-corrected chi connectivity index (χ4v) is 3.65. The lowest BCUT2D eigenvalue weighted by Gasteiger charge is -2.11. The molecule has 29 heavy (non-hydrogen) atoms. The molecule has 0 saturated heterocycles. The Hall–Kier alpha value is -2.64. The summed E-state index contributed by atoms with van der Waals surface area (Å²) in [6.45, 7) is 5.91. The van der Waals surface area contributed by atoms with Crippen molar-refractivity contribution in [3.05, 3.63) is 82.4 Å². The molecule has 2 aromatic heterocycles. The Labute approximate surface area is 177 Å². The number of aromatic amines is 1. The lowest BCUT2D eigenvalue weighted by atomic mass is 10.0. The molecule has 1 atom stereocenters. The van der Waals surface area contributed by atoms with Crippen LogP contribution in [0.5, 0.6) is 0 Å². The minimum Gasteiger partial charge on any atom is -0.355 e. The lowest BCUT2D eigenvalue weighted by Crippen LogP contribution is -2.10. The second-order valence-corrected chi connectivity index (χ2v) is 8.79. The minimum absolute atomic E-state index is 0. The maximum absolute atomic E-state index is 12.8. The number of benzene rings is 1. The van der Waals surface area contributed by atoms with Crippen LogP contribution in [-0.2, 0) is 10.0 Å². The van der Waals surface area contributed by atoms with Crippen molar-refractivity contribution >= 4 is 33.9 Å². The predicted molar refractivity (Wildman–Crippen MR) is 118 cm³/mol. The number of aryl methyl sites for hydroxylation is 2. The number of carbonyl (C=O) groups excluding carboxylic acids is 1. The number of anilines is 1. The van der Waals surface area contributed by atoms with E-state index >= 15 is 0 Å². The molecular weight excluding hydrogens is 410 g/mol. The normalized spacial score (nSPS) is 12.1. The van der Waals surface area contributed by atoms with Gasteiger partial charge in [-0.3, -0.25) is 14.5 Å². The number of nitrogens with one attached hydrogen (secondary N) is 2. The second kappa shape index (κ2) is 8.80. The third-order valence-corrected chi connectivity index (χ3v) is 5.19. The van der Waals surface area contributed by atoms with Gasteiger partial charge in [-0.05, 0) is 43.7 Å². The number of sulfonamides is 1. The van der Waals surface area contributed by atoms with E-state index in [-0.39, 0.29) is 24.1 Å². The van der Waals surface area contributed by atoms with Crippen LogP contribution in [0.1, 0.15) is 51.4 Å². The summed E-state index contributed by atoms with van der Waals surface area (Å²) < 4.78 is 25.0. The van der Waals surface area contributed by atoms with Crippen LogP contribution < -0.4 is 4.72 Å². The SMILES string of the molecule is Cc1ccc(C(=O)c2ccc(C(C)c3ccc(NS(C)(=O)=O)cn3)[nH]2)c(C)c1.Cl. The number of pyridine rings is 1. The van der Waals surface area contributed by atoms with Crippen molar-refractivity contribution in [2.75, 3.05) is 11.0 Å². The number of hydrogen-bond acceptors (Lipinski definition) is 4. The Morgan fingerprint density at radius 3 is 2.41 bits per heavy atom. The van der Waals surface area contributed by atoms with Crippen LogP contribution in [0.2, 0.25) is 0 Å². The summed E-state index contributed by atoms with van der Waals surface area (Å²) in [7, 11) is -3.33. The Balaban J connectivity index is 0.00000300. The average molecular weight is 434 g/mol. The average Bonchev–Trinajstić information content (AvgIpc) is 3.10. The molecule has 0 aliphatic heterocycles. The van der Waals surface area contributed by atoms with E-state index in [1.54, 1.807) is 18.2 Å². The minimum atomic E-state index is -3.33. The fraction of sp³-hybridized carbons (Fsp3) is 0.238. The monoisotopic (exact) mass is 433 g/mol. The van der Waals surface area contributed by atoms with Gasteiger partial charge < -0.3 is 4.98 Å². The van der Waals surface area contributed by atoms with Gasteiger partial charge in [0.2, 0.25) is 15.8 Å². The smallest absolute Gasteiger partial charge is 0.229 e. The number of nitrogens with zero attached hydrogens (tertiary/aromatic N) is 1. The molecule has 1 unspecified atom stereocenters. The highest BCUT2D eigenvalue weighted by Gasteiger charge is 2.17. The summed E-state index contributed by atoms with van der Waals surface area (Å²) in [5.74, 6) is -0.121. The molecule has 1 aromatic carbocycles. The number of rotatable bonds is 6. The maximum atomic E-state index is 12.8. The van der Waals surface area contributed by atoms with Crippen LogP contribution in [-0.4, -0.2) is 30.4 Å². The molecule has 0 aliphatic rings. The Morgan fingerprint density at radius 1 is 1.10 bits per heavy atom. The molecule has 0 bridgehead atoms. The van der Waals surface area contributed by atoms with Crippen LogP contribution >= 0.6 is 12.4 Å². The zero-order chi connectivity index (χ0) is 20.5. The first-order valence-electron chi connectivity index (χ1n) is 8.88. The molecule has 0 radical (unpaired) electrons. The Morgan fingerprint density at radius 2 is 1.83 bits per heavy atom. The third-order valence-electron chi connectivity index (χ3n) is 4.58. The van der Waals surface area contributed by atoms with Crippen LogP contribution in [0.25, 0.3) is 0 Å². The van der Waals surface area contributed by atoms with Gasteiger partial charge in [0, 0.05) is 22.9 Å². The van der Waals surface area contributed by atoms with Crippen LogP contribution in [0.3, 0.4) is 0 Å². The summed E-state index contributed by atoms with van der Waals surface area (Å²) in [4.78, 5) is 20.4. The van der Waals surface area contributed by atoms with E-state index in [1.165, 1.54) is 6.20 Å². The molecule has 3 rings (SSSR count). The van der Waals surface area contributed by atoms with Gasteiger partial charge in [0.05, 0.1) is 23.8 Å². The Bertz CT molecular complexity index is 1120. The second-order valence-electron chi connectivity index (χ2n) is 7.04. The molecule has 0 spiro atoms.